The second kappa shape index (κ2) is 8.31. The molecule has 0 aromatic heterocycles. The Morgan fingerprint density at radius 3 is 2.24 bits per heavy atom. The van der Waals surface area contributed by atoms with Crippen molar-refractivity contribution in [2.75, 3.05) is 6.54 Å². The minimum Gasteiger partial charge on any atom is -0.324 e. The molecular formula is C17H28N4O4. The van der Waals surface area contributed by atoms with E-state index < -0.39 is 17.5 Å². The molecule has 0 radical (unpaired) electrons. The first kappa shape index (κ1) is 19.2. The van der Waals surface area contributed by atoms with Gasteiger partial charge in [-0.15, -0.1) is 0 Å². The third kappa shape index (κ3) is 5.44. The molecule has 5 amide bonds. The number of imide groups is 1. The molecule has 8 nitrogen and oxygen atoms in total. The lowest BCUT2D eigenvalue weighted by molar-refractivity contribution is -0.132. The first-order chi connectivity index (χ1) is 11.8. The van der Waals surface area contributed by atoms with Crippen LogP contribution in [0.2, 0.25) is 0 Å². The number of hydrogen-bond acceptors (Lipinski definition) is 4. The highest BCUT2D eigenvalue weighted by Gasteiger charge is 2.43. The van der Waals surface area contributed by atoms with Gasteiger partial charge in [0.15, 0.2) is 0 Å². The van der Waals surface area contributed by atoms with Gasteiger partial charge in [0.2, 0.25) is 11.8 Å². The second-order valence-electron chi connectivity index (χ2n) is 7.40. The van der Waals surface area contributed by atoms with Crippen molar-refractivity contribution in [3.8, 4) is 0 Å². The fourth-order valence-corrected chi connectivity index (χ4v) is 3.31. The van der Waals surface area contributed by atoms with Crippen molar-refractivity contribution in [2.24, 2.45) is 5.92 Å². The van der Waals surface area contributed by atoms with Crippen LogP contribution in [0.25, 0.3) is 0 Å². The Kier molecular flexibility index (Phi) is 6.39. The summed E-state index contributed by atoms with van der Waals surface area (Å²) < 4.78 is 0. The molecule has 0 aromatic carbocycles. The topological polar surface area (TPSA) is 108 Å². The second-order valence-corrected chi connectivity index (χ2v) is 7.40. The highest BCUT2D eigenvalue weighted by Crippen LogP contribution is 2.27. The summed E-state index contributed by atoms with van der Waals surface area (Å²) in [5.74, 6) is -0.397. The van der Waals surface area contributed by atoms with Gasteiger partial charge in [0.05, 0.1) is 0 Å². The zero-order valence-electron chi connectivity index (χ0n) is 15.0. The fourth-order valence-electron chi connectivity index (χ4n) is 3.31. The summed E-state index contributed by atoms with van der Waals surface area (Å²) in [6.45, 7) is 3.21. The van der Waals surface area contributed by atoms with E-state index in [1.165, 1.54) is 32.1 Å². The molecule has 1 saturated carbocycles. The molecular weight excluding hydrogens is 324 g/mol. The predicted molar refractivity (Wildman–Crippen MR) is 91.0 cm³/mol. The molecule has 8 heteroatoms. The number of hydrazine groups is 1. The van der Waals surface area contributed by atoms with E-state index in [1.54, 1.807) is 13.8 Å². The molecule has 25 heavy (non-hydrogen) atoms. The Morgan fingerprint density at radius 2 is 1.68 bits per heavy atom. The van der Waals surface area contributed by atoms with E-state index >= 15 is 0 Å². The number of rotatable bonds is 6. The lowest BCUT2D eigenvalue weighted by Crippen LogP contribution is -2.44. The average molecular weight is 352 g/mol. The Morgan fingerprint density at radius 1 is 1.08 bits per heavy atom. The lowest BCUT2D eigenvalue weighted by atomic mass is 9.86. The third-order valence-corrected chi connectivity index (χ3v) is 4.85. The van der Waals surface area contributed by atoms with Crippen molar-refractivity contribution in [1.29, 1.82) is 0 Å². The van der Waals surface area contributed by atoms with Gasteiger partial charge in [0.25, 0.3) is 5.91 Å². The van der Waals surface area contributed by atoms with Crippen LogP contribution in [0.4, 0.5) is 4.79 Å². The van der Waals surface area contributed by atoms with Gasteiger partial charge in [0, 0.05) is 19.4 Å². The zero-order valence-corrected chi connectivity index (χ0v) is 15.0. The van der Waals surface area contributed by atoms with Gasteiger partial charge in [-0.2, -0.15) is 0 Å². The number of nitrogens with zero attached hydrogens (tertiary/aromatic N) is 1. The zero-order chi connectivity index (χ0) is 18.4. The van der Waals surface area contributed by atoms with Crippen molar-refractivity contribution >= 4 is 23.8 Å². The van der Waals surface area contributed by atoms with Gasteiger partial charge in [-0.05, 0) is 26.2 Å². The van der Waals surface area contributed by atoms with E-state index in [1.807, 2.05) is 0 Å². The molecule has 1 heterocycles. The predicted octanol–water partition coefficient (Wildman–Crippen LogP) is 1.21. The number of urea groups is 1. The minimum atomic E-state index is -0.944. The van der Waals surface area contributed by atoms with E-state index in [4.69, 9.17) is 0 Å². The molecule has 2 aliphatic rings. The van der Waals surface area contributed by atoms with Gasteiger partial charge >= 0.3 is 6.03 Å². The average Bonchev–Trinajstić information content (AvgIpc) is 2.77. The monoisotopic (exact) mass is 352 g/mol. The van der Waals surface area contributed by atoms with E-state index in [2.05, 4.69) is 16.2 Å². The van der Waals surface area contributed by atoms with Crippen LogP contribution in [0, 0.1) is 5.92 Å². The molecule has 140 valence electrons. The van der Waals surface area contributed by atoms with Gasteiger partial charge in [-0.1, -0.05) is 32.1 Å². The van der Waals surface area contributed by atoms with Crippen molar-refractivity contribution in [2.45, 2.75) is 70.8 Å². The van der Waals surface area contributed by atoms with Crippen molar-refractivity contribution in [3.63, 3.8) is 0 Å². The summed E-state index contributed by atoms with van der Waals surface area (Å²) in [5, 5.41) is 2.55. The van der Waals surface area contributed by atoms with Gasteiger partial charge in [-0.25, -0.2) is 4.79 Å². The maximum atomic E-state index is 12.0. The number of hydrogen-bond donors (Lipinski definition) is 3. The number of carbonyl (C=O) groups is 4. The molecule has 0 bridgehead atoms. The fraction of sp³-hybridized carbons (Fsp3) is 0.765. The number of carbonyl (C=O) groups excluding carboxylic acids is 4. The van der Waals surface area contributed by atoms with E-state index in [9.17, 15) is 19.2 Å². The van der Waals surface area contributed by atoms with Crippen LogP contribution < -0.4 is 16.2 Å². The van der Waals surface area contributed by atoms with Crippen LogP contribution in [0.5, 0.6) is 0 Å². The quantitative estimate of drug-likeness (QED) is 0.493. The molecule has 2 rings (SSSR count). The summed E-state index contributed by atoms with van der Waals surface area (Å²) in [6, 6.07) is -0.501. The Bertz CT molecular complexity index is 541. The molecule has 0 aromatic rings. The first-order valence-electron chi connectivity index (χ1n) is 9.01. The largest absolute Gasteiger partial charge is 0.325 e. The molecule has 1 aliphatic heterocycles. The van der Waals surface area contributed by atoms with Crippen LogP contribution in [-0.2, 0) is 14.4 Å². The lowest BCUT2D eigenvalue weighted by Gasteiger charge is -2.21. The van der Waals surface area contributed by atoms with Crippen LogP contribution in [0.1, 0.15) is 65.2 Å². The van der Waals surface area contributed by atoms with Crippen LogP contribution >= 0.6 is 0 Å². The van der Waals surface area contributed by atoms with Gasteiger partial charge in [-0.3, -0.25) is 30.1 Å². The maximum absolute atomic E-state index is 12.0. The highest BCUT2D eigenvalue weighted by atomic mass is 16.2. The number of amides is 5. The summed E-state index contributed by atoms with van der Waals surface area (Å²) in [6.07, 6.45) is 7.31. The minimum absolute atomic E-state index is 0.0160. The van der Waals surface area contributed by atoms with E-state index in [0.717, 1.165) is 11.3 Å². The van der Waals surface area contributed by atoms with Crippen LogP contribution in [-0.4, -0.2) is 40.7 Å². The summed E-state index contributed by atoms with van der Waals surface area (Å²) >= 11 is 0. The summed E-state index contributed by atoms with van der Waals surface area (Å²) in [5.41, 5.74) is 3.79. The normalized spacial score (nSPS) is 20.3. The molecule has 0 atom stereocenters. The van der Waals surface area contributed by atoms with Crippen molar-refractivity contribution in [1.82, 2.24) is 21.1 Å². The van der Waals surface area contributed by atoms with Gasteiger partial charge in [0.1, 0.15) is 5.54 Å². The van der Waals surface area contributed by atoms with Gasteiger partial charge < -0.3 is 5.32 Å². The molecule has 0 unspecified atom stereocenters. The van der Waals surface area contributed by atoms with E-state index in [0.29, 0.717) is 12.3 Å². The van der Waals surface area contributed by atoms with E-state index in [-0.39, 0.29) is 24.8 Å². The molecule has 1 saturated heterocycles. The Labute approximate surface area is 148 Å². The van der Waals surface area contributed by atoms with Crippen molar-refractivity contribution < 1.29 is 19.2 Å². The SMILES string of the molecule is CC1(C)NC(=O)N(CCC(=O)NNC(=O)CCC2CCCCC2)C1=O. The highest BCUT2D eigenvalue weighted by molar-refractivity contribution is 6.06. The molecule has 3 N–H and O–H groups in total. The van der Waals surface area contributed by atoms with Crippen LogP contribution in [0.15, 0.2) is 0 Å². The molecule has 0 spiro atoms. The Balaban J connectivity index is 1.62. The standard InChI is InChI=1S/C17H28N4O4/c1-17(2)15(24)21(16(25)18-17)11-10-14(23)20-19-13(22)9-8-12-6-4-3-5-7-12/h12H,3-11H2,1-2H3,(H,18,25)(H,19,22)(H,20,23). The smallest absolute Gasteiger partial charge is 0.324 e. The van der Waals surface area contributed by atoms with Crippen molar-refractivity contribution in [3.05, 3.63) is 0 Å². The third-order valence-electron chi connectivity index (χ3n) is 4.85. The Hall–Kier alpha value is -2.12. The summed E-state index contributed by atoms with van der Waals surface area (Å²) in [7, 11) is 0. The maximum Gasteiger partial charge on any atom is 0.325 e. The summed E-state index contributed by atoms with van der Waals surface area (Å²) in [4.78, 5) is 48.3. The first-order valence-corrected chi connectivity index (χ1v) is 9.01. The molecule has 2 fully saturated rings. The number of nitrogens with one attached hydrogen (secondary N) is 3. The molecule has 1 aliphatic carbocycles. The van der Waals surface area contributed by atoms with Crippen LogP contribution in [0.3, 0.4) is 0 Å².